The van der Waals surface area contributed by atoms with E-state index in [4.69, 9.17) is 0 Å². The minimum Gasteiger partial charge on any atom is -0.309 e. The molecule has 18 heavy (non-hydrogen) atoms. The van der Waals surface area contributed by atoms with Gasteiger partial charge in [0.05, 0.1) is 5.01 Å². The van der Waals surface area contributed by atoms with Crippen molar-refractivity contribution < 1.29 is 0 Å². The van der Waals surface area contributed by atoms with Crippen LogP contribution in [0.4, 0.5) is 0 Å². The quantitative estimate of drug-likeness (QED) is 0.909. The lowest BCUT2D eigenvalue weighted by atomic mass is 9.93. The van der Waals surface area contributed by atoms with Gasteiger partial charge >= 0.3 is 0 Å². The van der Waals surface area contributed by atoms with Gasteiger partial charge in [0.25, 0.3) is 0 Å². The van der Waals surface area contributed by atoms with Gasteiger partial charge in [-0.2, -0.15) is 0 Å². The molecule has 0 spiro atoms. The smallest absolute Gasteiger partial charge is 0.0897 e. The van der Waals surface area contributed by atoms with Gasteiger partial charge in [0.2, 0.25) is 0 Å². The topological polar surface area (TPSA) is 28.2 Å². The highest BCUT2D eigenvalue weighted by Gasteiger charge is 2.33. The molecule has 3 nitrogen and oxygen atoms in total. The third-order valence-corrected chi connectivity index (χ3v) is 5.01. The molecule has 2 atom stereocenters. The molecule has 2 unspecified atom stereocenters. The Labute approximate surface area is 115 Å². The Morgan fingerprint density at radius 1 is 1.56 bits per heavy atom. The fourth-order valence-electron chi connectivity index (χ4n) is 2.63. The lowest BCUT2D eigenvalue weighted by Gasteiger charge is -2.45. The van der Waals surface area contributed by atoms with Crippen LogP contribution in [0.15, 0.2) is 6.20 Å². The predicted octanol–water partition coefficient (Wildman–Crippen LogP) is 2.80. The van der Waals surface area contributed by atoms with Gasteiger partial charge in [-0.25, -0.2) is 4.98 Å². The molecule has 0 bridgehead atoms. The Hall–Kier alpha value is -0.450. The Morgan fingerprint density at radius 2 is 2.33 bits per heavy atom. The van der Waals surface area contributed by atoms with Crippen molar-refractivity contribution >= 4 is 11.3 Å². The van der Waals surface area contributed by atoms with Crippen molar-refractivity contribution in [1.29, 1.82) is 0 Å². The van der Waals surface area contributed by atoms with Crippen LogP contribution < -0.4 is 5.32 Å². The van der Waals surface area contributed by atoms with Gasteiger partial charge in [-0.15, -0.1) is 11.3 Å². The van der Waals surface area contributed by atoms with Gasteiger partial charge in [0.1, 0.15) is 0 Å². The number of nitrogens with zero attached hydrogens (tertiary/aromatic N) is 2. The van der Waals surface area contributed by atoms with E-state index in [1.165, 1.54) is 22.7 Å². The summed E-state index contributed by atoms with van der Waals surface area (Å²) in [5.74, 6) is 0. The molecule has 2 heterocycles. The highest BCUT2D eigenvalue weighted by Crippen LogP contribution is 2.24. The van der Waals surface area contributed by atoms with E-state index in [0.717, 1.165) is 19.6 Å². The number of hydrogen-bond acceptors (Lipinski definition) is 4. The van der Waals surface area contributed by atoms with Crippen LogP contribution in [0.25, 0.3) is 0 Å². The largest absolute Gasteiger partial charge is 0.309 e. The molecule has 4 heteroatoms. The second-order valence-electron chi connectivity index (χ2n) is 5.61. The monoisotopic (exact) mass is 267 g/mol. The minimum absolute atomic E-state index is 0.269. The Bertz CT molecular complexity index is 390. The first kappa shape index (κ1) is 14.0. The van der Waals surface area contributed by atoms with Crippen molar-refractivity contribution in [2.75, 3.05) is 13.1 Å². The summed E-state index contributed by atoms with van der Waals surface area (Å²) in [6.45, 7) is 12.3. The predicted molar refractivity (Wildman–Crippen MR) is 78.0 cm³/mol. The van der Waals surface area contributed by atoms with Crippen molar-refractivity contribution in [3.8, 4) is 0 Å². The molecule has 1 aromatic heterocycles. The third-order valence-electron chi connectivity index (χ3n) is 4.11. The van der Waals surface area contributed by atoms with Crippen LogP contribution in [0.5, 0.6) is 0 Å². The molecule has 1 N–H and O–H groups in total. The second kappa shape index (κ2) is 5.68. The molecule has 0 radical (unpaired) electrons. The van der Waals surface area contributed by atoms with Crippen LogP contribution in [0.3, 0.4) is 0 Å². The van der Waals surface area contributed by atoms with E-state index in [1.807, 2.05) is 17.5 Å². The maximum atomic E-state index is 4.37. The van der Waals surface area contributed by atoms with Crippen LogP contribution in [-0.4, -0.2) is 34.6 Å². The standard InChI is InChI=1S/C14H25N3S/c1-5-12-7-16-14(4,6-2)10-17(12)9-13-8-15-11(3)18-13/h8,12,16H,5-7,9-10H2,1-4H3. The average Bonchev–Trinajstić information content (AvgIpc) is 2.75. The molecule has 1 aliphatic rings. The summed E-state index contributed by atoms with van der Waals surface area (Å²) in [7, 11) is 0. The molecule has 1 aliphatic heterocycles. The molecule has 0 aromatic carbocycles. The number of thiazole rings is 1. The van der Waals surface area contributed by atoms with E-state index in [9.17, 15) is 0 Å². The Balaban J connectivity index is 2.06. The van der Waals surface area contributed by atoms with Crippen LogP contribution in [0, 0.1) is 6.92 Å². The zero-order valence-corrected chi connectivity index (χ0v) is 12.8. The average molecular weight is 267 g/mol. The van der Waals surface area contributed by atoms with E-state index in [2.05, 4.69) is 42.9 Å². The molecular formula is C14H25N3S. The number of hydrogen-bond donors (Lipinski definition) is 1. The molecule has 102 valence electrons. The van der Waals surface area contributed by atoms with E-state index in [1.54, 1.807) is 0 Å². The number of piperazine rings is 1. The van der Waals surface area contributed by atoms with Crippen molar-refractivity contribution in [3.63, 3.8) is 0 Å². The van der Waals surface area contributed by atoms with E-state index >= 15 is 0 Å². The lowest BCUT2D eigenvalue weighted by molar-refractivity contribution is 0.0763. The maximum Gasteiger partial charge on any atom is 0.0897 e. The van der Waals surface area contributed by atoms with Crippen LogP contribution in [0.2, 0.25) is 0 Å². The van der Waals surface area contributed by atoms with Crippen LogP contribution in [-0.2, 0) is 6.54 Å². The fraction of sp³-hybridized carbons (Fsp3) is 0.786. The molecular weight excluding hydrogens is 242 g/mol. The molecule has 0 aliphatic carbocycles. The SMILES string of the molecule is CCC1CNC(C)(CC)CN1Cc1cnc(C)s1. The zero-order chi connectivity index (χ0) is 13.2. The Kier molecular flexibility index (Phi) is 4.41. The minimum atomic E-state index is 0.269. The van der Waals surface area contributed by atoms with Crippen molar-refractivity contribution in [3.05, 3.63) is 16.1 Å². The number of aryl methyl sites for hydroxylation is 1. The highest BCUT2D eigenvalue weighted by atomic mass is 32.1. The molecule has 0 amide bonds. The van der Waals surface area contributed by atoms with Crippen molar-refractivity contribution in [2.24, 2.45) is 0 Å². The zero-order valence-electron chi connectivity index (χ0n) is 12.0. The van der Waals surface area contributed by atoms with Gasteiger partial charge in [0, 0.05) is 42.3 Å². The summed E-state index contributed by atoms with van der Waals surface area (Å²) in [5, 5.41) is 4.89. The number of aromatic nitrogens is 1. The summed E-state index contributed by atoms with van der Waals surface area (Å²) in [6, 6.07) is 0.659. The van der Waals surface area contributed by atoms with Crippen molar-refractivity contribution in [2.45, 2.75) is 58.7 Å². The first-order valence-corrected chi connectivity index (χ1v) is 7.78. The van der Waals surface area contributed by atoms with E-state index < -0.39 is 0 Å². The third kappa shape index (κ3) is 3.11. The van der Waals surface area contributed by atoms with Gasteiger partial charge in [-0.05, 0) is 26.7 Å². The summed E-state index contributed by atoms with van der Waals surface area (Å²) >= 11 is 1.83. The summed E-state index contributed by atoms with van der Waals surface area (Å²) in [4.78, 5) is 8.39. The van der Waals surface area contributed by atoms with Gasteiger partial charge in [0.15, 0.2) is 0 Å². The van der Waals surface area contributed by atoms with Gasteiger partial charge < -0.3 is 5.32 Å². The molecule has 1 saturated heterocycles. The van der Waals surface area contributed by atoms with E-state index in [-0.39, 0.29) is 5.54 Å². The summed E-state index contributed by atoms with van der Waals surface area (Å²) in [5.41, 5.74) is 0.269. The molecule has 0 saturated carbocycles. The van der Waals surface area contributed by atoms with Gasteiger partial charge in [-0.1, -0.05) is 13.8 Å². The van der Waals surface area contributed by atoms with Crippen LogP contribution in [0.1, 0.15) is 43.5 Å². The van der Waals surface area contributed by atoms with Crippen molar-refractivity contribution in [1.82, 2.24) is 15.2 Å². The van der Waals surface area contributed by atoms with E-state index in [0.29, 0.717) is 6.04 Å². The maximum absolute atomic E-state index is 4.37. The van der Waals surface area contributed by atoms with Crippen LogP contribution >= 0.6 is 11.3 Å². The number of nitrogens with one attached hydrogen (secondary N) is 1. The normalized spacial score (nSPS) is 29.7. The number of rotatable bonds is 4. The highest BCUT2D eigenvalue weighted by molar-refractivity contribution is 7.11. The fourth-order valence-corrected chi connectivity index (χ4v) is 3.45. The Morgan fingerprint density at radius 3 is 2.89 bits per heavy atom. The first-order valence-electron chi connectivity index (χ1n) is 6.96. The van der Waals surface area contributed by atoms with Gasteiger partial charge in [-0.3, -0.25) is 4.90 Å². The summed E-state index contributed by atoms with van der Waals surface area (Å²) in [6.07, 6.45) is 4.43. The molecule has 1 aromatic rings. The first-order chi connectivity index (χ1) is 8.56. The lowest BCUT2D eigenvalue weighted by Crippen LogP contribution is -2.62. The second-order valence-corrected chi connectivity index (χ2v) is 6.93. The molecule has 2 rings (SSSR count). The molecule has 1 fully saturated rings. The summed E-state index contributed by atoms with van der Waals surface area (Å²) < 4.78 is 0.